The lowest BCUT2D eigenvalue weighted by Crippen LogP contribution is -2.30. The molecule has 0 spiro atoms. The van der Waals surface area contributed by atoms with E-state index in [-0.39, 0.29) is 25.7 Å². The Labute approximate surface area is 486 Å². The zero-order valence-corrected chi connectivity index (χ0v) is 53.3. The van der Waals surface area contributed by atoms with E-state index in [4.69, 9.17) is 37.0 Å². The van der Waals surface area contributed by atoms with Crippen molar-refractivity contribution in [2.45, 2.75) is 311 Å². The molecular formula is C61H118O17P2. The number of phosphoric ester groups is 2. The van der Waals surface area contributed by atoms with Gasteiger partial charge in [0.15, 0.2) is 12.2 Å². The zero-order valence-electron chi connectivity index (χ0n) is 51.5. The molecule has 2 unspecified atom stereocenters. The number of phosphoric acid groups is 2. The number of esters is 4. The van der Waals surface area contributed by atoms with Gasteiger partial charge in [-0.2, -0.15) is 0 Å². The van der Waals surface area contributed by atoms with Crippen LogP contribution >= 0.6 is 15.6 Å². The monoisotopic (exact) mass is 1180 g/mol. The zero-order chi connectivity index (χ0) is 59.5. The van der Waals surface area contributed by atoms with Crippen LogP contribution in [0.2, 0.25) is 0 Å². The summed E-state index contributed by atoms with van der Waals surface area (Å²) in [7, 11) is -9.88. The lowest BCUT2D eigenvalue weighted by Gasteiger charge is -2.21. The molecule has 0 radical (unpaired) electrons. The van der Waals surface area contributed by atoms with Crippen LogP contribution in [0.25, 0.3) is 0 Å². The Balaban J connectivity index is 5.24. The molecule has 17 nitrogen and oxygen atoms in total. The standard InChI is InChI=1S/C61H118O17P2/c1-8-9-10-11-12-21-28-35-42-58(63)71-48-57(78-61(66)45-38-31-24-17-20-27-34-41-54(6)7)51-76-80(69,70)74-47-55(62)46-73-79(67,68)75-50-56(49-72-59(64)43-36-29-23-16-19-26-33-40-53(4)5)77-60(65)44-37-30-22-15-13-14-18-25-32-39-52(2)3/h52-57,62H,8-51H2,1-7H3,(H,67,68)(H,69,70)/t55-,56-,57-/m1/s1. The van der Waals surface area contributed by atoms with Gasteiger partial charge in [0.05, 0.1) is 26.4 Å². The fourth-order valence-electron chi connectivity index (χ4n) is 8.95. The Bertz CT molecular complexity index is 1600. The van der Waals surface area contributed by atoms with Gasteiger partial charge in [0, 0.05) is 25.7 Å². The van der Waals surface area contributed by atoms with Crippen molar-refractivity contribution in [3.8, 4) is 0 Å². The van der Waals surface area contributed by atoms with Gasteiger partial charge in [-0.25, -0.2) is 9.13 Å². The van der Waals surface area contributed by atoms with Gasteiger partial charge in [-0.05, 0) is 43.4 Å². The predicted molar refractivity (Wildman–Crippen MR) is 317 cm³/mol. The fourth-order valence-corrected chi connectivity index (χ4v) is 10.5. The van der Waals surface area contributed by atoms with E-state index in [1.165, 1.54) is 89.9 Å². The molecular weight excluding hydrogens is 1070 g/mol. The third-order valence-electron chi connectivity index (χ3n) is 13.9. The van der Waals surface area contributed by atoms with E-state index >= 15 is 0 Å². The average Bonchev–Trinajstić information content (AvgIpc) is 3.40. The van der Waals surface area contributed by atoms with Crippen molar-refractivity contribution in [3.05, 3.63) is 0 Å². The van der Waals surface area contributed by atoms with Gasteiger partial charge in [-0.1, -0.05) is 241 Å². The molecule has 0 aliphatic carbocycles. The van der Waals surface area contributed by atoms with Crippen LogP contribution < -0.4 is 0 Å². The fraction of sp³-hybridized carbons (Fsp3) is 0.934. The van der Waals surface area contributed by atoms with Gasteiger partial charge in [-0.3, -0.25) is 37.3 Å². The molecule has 0 bridgehead atoms. The van der Waals surface area contributed by atoms with Crippen molar-refractivity contribution in [2.75, 3.05) is 39.6 Å². The molecule has 0 aliphatic heterocycles. The molecule has 0 aliphatic rings. The van der Waals surface area contributed by atoms with Gasteiger partial charge >= 0.3 is 39.5 Å². The first-order valence-electron chi connectivity index (χ1n) is 31.8. The van der Waals surface area contributed by atoms with E-state index in [0.29, 0.717) is 37.5 Å². The Morgan fingerprint density at radius 2 is 0.575 bits per heavy atom. The average molecular weight is 1190 g/mol. The first kappa shape index (κ1) is 78.1. The second-order valence-electron chi connectivity index (χ2n) is 23.5. The summed E-state index contributed by atoms with van der Waals surface area (Å²) in [4.78, 5) is 72.0. The Morgan fingerprint density at radius 3 is 0.850 bits per heavy atom. The van der Waals surface area contributed by atoms with E-state index in [2.05, 4.69) is 48.5 Å². The summed E-state index contributed by atoms with van der Waals surface area (Å²) < 4.78 is 67.8. The minimum absolute atomic E-state index is 0.103. The number of ether oxygens (including phenoxy) is 4. The first-order valence-corrected chi connectivity index (χ1v) is 34.8. The summed E-state index contributed by atoms with van der Waals surface area (Å²) in [6, 6.07) is 0. The lowest BCUT2D eigenvalue weighted by molar-refractivity contribution is -0.161. The number of carbonyl (C=O) groups is 4. The molecule has 80 heavy (non-hydrogen) atoms. The van der Waals surface area contributed by atoms with Crippen molar-refractivity contribution in [3.63, 3.8) is 0 Å². The molecule has 3 N–H and O–H groups in total. The highest BCUT2D eigenvalue weighted by molar-refractivity contribution is 7.47. The number of aliphatic hydroxyl groups is 1. The molecule has 0 aromatic carbocycles. The van der Waals surface area contributed by atoms with Crippen molar-refractivity contribution in [1.29, 1.82) is 0 Å². The third-order valence-corrected chi connectivity index (χ3v) is 15.8. The molecule has 0 rings (SSSR count). The SMILES string of the molecule is CCCCCCCCCCC(=O)OC[C@H](COP(=O)(O)OC[C@H](O)COP(=O)(O)OC[C@@H](COC(=O)CCCCCCCCCC(C)C)OC(=O)CCCCCCCCCCCC(C)C)OC(=O)CCCCCCCCCC(C)C. The number of unbranched alkanes of at least 4 members (excludes halogenated alkanes) is 27. The van der Waals surface area contributed by atoms with Crippen LogP contribution in [0.3, 0.4) is 0 Å². The summed E-state index contributed by atoms with van der Waals surface area (Å²) in [5.41, 5.74) is 0. The Morgan fingerprint density at radius 1 is 0.338 bits per heavy atom. The van der Waals surface area contributed by atoms with E-state index in [9.17, 15) is 43.2 Å². The van der Waals surface area contributed by atoms with Crippen LogP contribution in [0.5, 0.6) is 0 Å². The van der Waals surface area contributed by atoms with E-state index in [1.54, 1.807) is 0 Å². The lowest BCUT2D eigenvalue weighted by atomic mass is 10.0. The number of aliphatic hydroxyl groups excluding tert-OH is 1. The first-order chi connectivity index (χ1) is 38.2. The quantitative estimate of drug-likeness (QED) is 0.0222. The van der Waals surface area contributed by atoms with Crippen LogP contribution in [0, 0.1) is 17.8 Å². The van der Waals surface area contributed by atoms with Gasteiger partial charge in [0.25, 0.3) is 0 Å². The van der Waals surface area contributed by atoms with Gasteiger partial charge in [0.1, 0.15) is 19.3 Å². The van der Waals surface area contributed by atoms with Crippen LogP contribution in [0.15, 0.2) is 0 Å². The highest BCUT2D eigenvalue weighted by Gasteiger charge is 2.30. The van der Waals surface area contributed by atoms with E-state index < -0.39 is 97.5 Å². The molecule has 0 saturated carbocycles. The molecule has 0 amide bonds. The second kappa shape index (κ2) is 52.6. The van der Waals surface area contributed by atoms with Gasteiger partial charge < -0.3 is 33.8 Å². The molecule has 0 fully saturated rings. The maximum Gasteiger partial charge on any atom is 0.472 e. The van der Waals surface area contributed by atoms with Crippen LogP contribution in [-0.4, -0.2) is 96.7 Å². The summed E-state index contributed by atoms with van der Waals surface area (Å²) >= 11 is 0. The Kier molecular flexibility index (Phi) is 51.3. The Hall–Kier alpha value is -1.94. The number of rotatable bonds is 59. The maximum atomic E-state index is 12.9. The summed E-state index contributed by atoms with van der Waals surface area (Å²) in [6.45, 7) is 11.6. The number of hydrogen-bond donors (Lipinski definition) is 3. The maximum absolute atomic E-state index is 12.9. The smallest absolute Gasteiger partial charge is 0.462 e. The van der Waals surface area contributed by atoms with Gasteiger partial charge in [-0.15, -0.1) is 0 Å². The third kappa shape index (κ3) is 55.3. The summed E-state index contributed by atoms with van der Waals surface area (Å²) in [5.74, 6) is -0.00791. The van der Waals surface area contributed by atoms with Crippen molar-refractivity contribution in [2.24, 2.45) is 17.8 Å². The molecule has 0 heterocycles. The molecule has 0 aromatic heterocycles. The highest BCUT2D eigenvalue weighted by atomic mass is 31.2. The largest absolute Gasteiger partial charge is 0.472 e. The van der Waals surface area contributed by atoms with Crippen molar-refractivity contribution < 1.29 is 80.2 Å². The van der Waals surface area contributed by atoms with Crippen LogP contribution in [0.4, 0.5) is 0 Å². The summed E-state index contributed by atoms with van der Waals surface area (Å²) in [6.07, 6.45) is 32.3. The van der Waals surface area contributed by atoms with E-state index in [1.807, 2.05) is 0 Å². The molecule has 0 aromatic rings. The minimum atomic E-state index is -4.94. The number of carbonyl (C=O) groups excluding carboxylic acids is 4. The van der Waals surface area contributed by atoms with Crippen molar-refractivity contribution >= 4 is 39.5 Å². The summed E-state index contributed by atoms with van der Waals surface area (Å²) in [5, 5.41) is 10.5. The molecule has 19 heteroatoms. The van der Waals surface area contributed by atoms with E-state index in [0.717, 1.165) is 109 Å². The highest BCUT2D eigenvalue weighted by Crippen LogP contribution is 2.45. The molecule has 0 saturated heterocycles. The topological polar surface area (TPSA) is 237 Å². The van der Waals surface area contributed by atoms with Gasteiger partial charge in [0.2, 0.25) is 0 Å². The predicted octanol–water partition coefficient (Wildman–Crippen LogP) is 16.3. The van der Waals surface area contributed by atoms with Crippen molar-refractivity contribution in [1.82, 2.24) is 0 Å². The molecule has 474 valence electrons. The second-order valence-corrected chi connectivity index (χ2v) is 26.4. The van der Waals surface area contributed by atoms with Crippen LogP contribution in [0.1, 0.15) is 292 Å². The molecule has 5 atom stereocenters. The normalized spacial score (nSPS) is 14.5. The van der Waals surface area contributed by atoms with Crippen LogP contribution in [-0.2, 0) is 65.4 Å². The minimum Gasteiger partial charge on any atom is -0.462 e. The number of hydrogen-bond acceptors (Lipinski definition) is 15.